The molecule has 9 heteroatoms. The zero-order valence-corrected chi connectivity index (χ0v) is 15.3. The van der Waals surface area contributed by atoms with Crippen LogP contribution in [0.15, 0.2) is 40.0 Å². The standard InChI is InChI=1S/C16H17N3O4S.ClH/c1-3-8-23-13-9-10(24(2,21)22)4-5-11(13)15-17-12-6-7-14(20)18-16(12)19-15;/h4-7,9H,3,8H2,1-2H3,(H2,17,18,19,20);1H. The van der Waals surface area contributed by atoms with Gasteiger partial charge in [0.25, 0.3) is 0 Å². The Hall–Kier alpha value is -2.32. The lowest BCUT2D eigenvalue weighted by Gasteiger charge is -2.11. The second-order valence-electron chi connectivity index (χ2n) is 5.45. The van der Waals surface area contributed by atoms with Gasteiger partial charge in [0.05, 0.1) is 22.6 Å². The molecule has 1 aromatic carbocycles. The molecule has 0 amide bonds. The second kappa shape index (κ2) is 7.28. The highest BCUT2D eigenvalue weighted by molar-refractivity contribution is 7.90. The van der Waals surface area contributed by atoms with E-state index >= 15 is 0 Å². The minimum atomic E-state index is -3.34. The molecule has 0 radical (unpaired) electrons. The maximum absolute atomic E-state index is 11.8. The van der Waals surface area contributed by atoms with Gasteiger partial charge in [-0.05, 0) is 30.7 Å². The van der Waals surface area contributed by atoms with Crippen molar-refractivity contribution in [3.63, 3.8) is 0 Å². The number of nitrogens with one attached hydrogen (secondary N) is 2. The van der Waals surface area contributed by atoms with Crippen LogP contribution in [0.3, 0.4) is 0 Å². The molecule has 2 aromatic heterocycles. The molecule has 0 aliphatic heterocycles. The fourth-order valence-corrected chi connectivity index (χ4v) is 2.94. The Balaban J connectivity index is 0.00000225. The van der Waals surface area contributed by atoms with E-state index in [2.05, 4.69) is 15.0 Å². The van der Waals surface area contributed by atoms with Gasteiger partial charge in [-0.15, -0.1) is 12.4 Å². The summed E-state index contributed by atoms with van der Waals surface area (Å²) in [5, 5.41) is 0. The van der Waals surface area contributed by atoms with Crippen LogP contribution in [0, 0.1) is 0 Å². The predicted octanol–water partition coefficient (Wildman–Crippen LogP) is 2.53. The van der Waals surface area contributed by atoms with Gasteiger partial charge >= 0.3 is 0 Å². The molecule has 2 N–H and O–H groups in total. The van der Waals surface area contributed by atoms with Gasteiger partial charge in [-0.2, -0.15) is 0 Å². The zero-order valence-electron chi connectivity index (χ0n) is 13.7. The number of ether oxygens (including phenoxy) is 1. The van der Waals surface area contributed by atoms with Crippen molar-refractivity contribution in [1.29, 1.82) is 0 Å². The maximum atomic E-state index is 11.8. The van der Waals surface area contributed by atoms with Crippen LogP contribution in [-0.4, -0.2) is 36.2 Å². The number of benzene rings is 1. The first-order valence-electron chi connectivity index (χ1n) is 7.45. The topological polar surface area (TPSA) is 105 Å². The van der Waals surface area contributed by atoms with E-state index in [1.807, 2.05) is 6.92 Å². The van der Waals surface area contributed by atoms with E-state index in [0.717, 1.165) is 12.7 Å². The van der Waals surface area contributed by atoms with Gasteiger partial charge in [0.1, 0.15) is 11.6 Å². The summed E-state index contributed by atoms with van der Waals surface area (Å²) in [5.74, 6) is 0.930. The molecule has 3 rings (SSSR count). The van der Waals surface area contributed by atoms with Crippen molar-refractivity contribution >= 4 is 33.4 Å². The number of aromatic nitrogens is 3. The average molecular weight is 384 g/mol. The summed E-state index contributed by atoms with van der Waals surface area (Å²) in [7, 11) is -3.34. The number of pyridine rings is 1. The lowest BCUT2D eigenvalue weighted by molar-refractivity contribution is 0.318. The third-order valence-electron chi connectivity index (χ3n) is 3.47. The lowest BCUT2D eigenvalue weighted by Crippen LogP contribution is -2.02. The van der Waals surface area contributed by atoms with Crippen LogP contribution in [-0.2, 0) is 9.84 Å². The van der Waals surface area contributed by atoms with Crippen molar-refractivity contribution < 1.29 is 13.2 Å². The fraction of sp³-hybridized carbons (Fsp3) is 0.250. The van der Waals surface area contributed by atoms with Crippen LogP contribution in [0.4, 0.5) is 0 Å². The van der Waals surface area contributed by atoms with Gasteiger partial charge in [-0.1, -0.05) is 6.92 Å². The Kier molecular flexibility index (Phi) is 5.54. The number of halogens is 1. The van der Waals surface area contributed by atoms with Gasteiger partial charge in [0, 0.05) is 12.3 Å². The Bertz CT molecular complexity index is 1060. The smallest absolute Gasteiger partial charge is 0.249 e. The van der Waals surface area contributed by atoms with Crippen molar-refractivity contribution in [1.82, 2.24) is 15.0 Å². The minimum Gasteiger partial charge on any atom is -0.493 e. The summed E-state index contributed by atoms with van der Waals surface area (Å²) in [6.07, 6.45) is 1.94. The Morgan fingerprint density at radius 1 is 1.16 bits per heavy atom. The Morgan fingerprint density at radius 3 is 2.60 bits per heavy atom. The second-order valence-corrected chi connectivity index (χ2v) is 7.46. The van der Waals surface area contributed by atoms with Crippen molar-refractivity contribution in [3.8, 4) is 17.1 Å². The molecule has 0 aliphatic carbocycles. The molecule has 25 heavy (non-hydrogen) atoms. The van der Waals surface area contributed by atoms with Crippen molar-refractivity contribution in [2.45, 2.75) is 18.2 Å². The highest BCUT2D eigenvalue weighted by Gasteiger charge is 2.16. The first-order chi connectivity index (χ1) is 11.4. The molecule has 2 heterocycles. The predicted molar refractivity (Wildman–Crippen MR) is 98.3 cm³/mol. The lowest BCUT2D eigenvalue weighted by atomic mass is 10.2. The highest BCUT2D eigenvalue weighted by Crippen LogP contribution is 2.31. The molecule has 7 nitrogen and oxygen atoms in total. The summed E-state index contributed by atoms with van der Waals surface area (Å²) < 4.78 is 29.2. The third-order valence-corrected chi connectivity index (χ3v) is 4.58. The largest absolute Gasteiger partial charge is 0.493 e. The van der Waals surface area contributed by atoms with E-state index in [-0.39, 0.29) is 22.9 Å². The zero-order chi connectivity index (χ0) is 17.3. The molecule has 0 unspecified atom stereocenters. The molecule has 3 aromatic rings. The van der Waals surface area contributed by atoms with Crippen molar-refractivity contribution in [3.05, 3.63) is 40.7 Å². The van der Waals surface area contributed by atoms with Gasteiger partial charge in [0.15, 0.2) is 15.5 Å². The molecule has 0 saturated heterocycles. The van der Waals surface area contributed by atoms with E-state index < -0.39 is 9.84 Å². The number of hydrogen-bond donors (Lipinski definition) is 2. The number of fused-ring (bicyclic) bond motifs is 1. The first-order valence-corrected chi connectivity index (χ1v) is 9.34. The number of nitrogens with zero attached hydrogens (tertiary/aromatic N) is 1. The summed E-state index contributed by atoms with van der Waals surface area (Å²) >= 11 is 0. The quantitative estimate of drug-likeness (QED) is 0.704. The van der Waals surface area contributed by atoms with Gasteiger partial charge < -0.3 is 14.7 Å². The van der Waals surface area contributed by atoms with Crippen LogP contribution in [0.5, 0.6) is 5.75 Å². The van der Waals surface area contributed by atoms with E-state index in [9.17, 15) is 13.2 Å². The van der Waals surface area contributed by atoms with Crippen LogP contribution < -0.4 is 10.3 Å². The third kappa shape index (κ3) is 4.02. The Morgan fingerprint density at radius 2 is 1.92 bits per heavy atom. The Labute approximate surface area is 150 Å². The molecule has 0 fully saturated rings. The molecular weight excluding hydrogens is 366 g/mol. The van der Waals surface area contributed by atoms with E-state index in [1.165, 1.54) is 18.2 Å². The number of hydrogen-bond acceptors (Lipinski definition) is 5. The molecule has 0 saturated carbocycles. The number of rotatable bonds is 5. The molecule has 0 atom stereocenters. The van der Waals surface area contributed by atoms with Crippen LogP contribution >= 0.6 is 12.4 Å². The van der Waals surface area contributed by atoms with Crippen LogP contribution in [0.25, 0.3) is 22.6 Å². The fourth-order valence-electron chi connectivity index (χ4n) is 2.31. The van der Waals surface area contributed by atoms with E-state index in [0.29, 0.717) is 34.9 Å². The number of aromatic amines is 2. The SMILES string of the molecule is CCCOc1cc(S(C)(=O)=O)ccc1-c1nc2[nH]c(=O)ccc2[nH]1.Cl. The number of sulfone groups is 1. The molecule has 0 aliphatic rings. The normalized spacial score (nSPS) is 11.3. The highest BCUT2D eigenvalue weighted by atomic mass is 35.5. The molecular formula is C16H18ClN3O4S. The summed E-state index contributed by atoms with van der Waals surface area (Å²) in [4.78, 5) is 21.7. The van der Waals surface area contributed by atoms with Gasteiger partial charge in [-0.3, -0.25) is 4.79 Å². The van der Waals surface area contributed by atoms with E-state index in [1.54, 1.807) is 12.1 Å². The monoisotopic (exact) mass is 383 g/mol. The van der Waals surface area contributed by atoms with Crippen LogP contribution in [0.2, 0.25) is 0 Å². The summed E-state index contributed by atoms with van der Waals surface area (Å²) in [5.41, 5.74) is 1.51. The van der Waals surface area contributed by atoms with Crippen molar-refractivity contribution in [2.24, 2.45) is 0 Å². The average Bonchev–Trinajstić information content (AvgIpc) is 2.94. The van der Waals surface area contributed by atoms with Gasteiger partial charge in [0.2, 0.25) is 5.56 Å². The van der Waals surface area contributed by atoms with Crippen molar-refractivity contribution in [2.75, 3.05) is 12.9 Å². The molecule has 0 spiro atoms. The maximum Gasteiger partial charge on any atom is 0.249 e. The van der Waals surface area contributed by atoms with E-state index in [4.69, 9.17) is 4.74 Å². The number of imidazole rings is 1. The first kappa shape index (κ1) is 19.0. The minimum absolute atomic E-state index is 0. The summed E-state index contributed by atoms with van der Waals surface area (Å²) in [6, 6.07) is 7.71. The summed E-state index contributed by atoms with van der Waals surface area (Å²) in [6.45, 7) is 2.42. The van der Waals surface area contributed by atoms with Crippen LogP contribution in [0.1, 0.15) is 13.3 Å². The van der Waals surface area contributed by atoms with Gasteiger partial charge in [-0.25, -0.2) is 13.4 Å². The molecule has 134 valence electrons. The molecule has 0 bridgehead atoms. The number of H-pyrrole nitrogens is 2.